The van der Waals surface area contributed by atoms with Crippen LogP contribution < -0.4 is 15.5 Å². The number of guanidine groups is 1. The minimum Gasteiger partial charge on any atom is -0.370 e. The Hall–Kier alpha value is -1.06. The lowest BCUT2D eigenvalue weighted by Crippen LogP contribution is -2.47. The number of hydrogen-bond acceptors (Lipinski definition) is 4. The first-order valence-corrected chi connectivity index (χ1v) is 10.9. The Balaban J connectivity index is 0.00000420. The van der Waals surface area contributed by atoms with Gasteiger partial charge in [-0.3, -0.25) is 9.89 Å². The molecular weight excluding hydrogens is 475 g/mol. The fraction of sp³-hybridized carbons (Fsp3) is 0.682. The van der Waals surface area contributed by atoms with Crippen molar-refractivity contribution in [1.29, 1.82) is 0 Å². The van der Waals surface area contributed by atoms with Crippen molar-refractivity contribution in [3.05, 3.63) is 29.8 Å². The molecule has 1 saturated heterocycles. The predicted octanol–water partition coefficient (Wildman–Crippen LogP) is 2.63. The van der Waals surface area contributed by atoms with Crippen molar-refractivity contribution in [2.45, 2.75) is 27.7 Å². The quantitative estimate of drug-likeness (QED) is 0.285. The molecule has 1 aromatic rings. The first-order valence-electron chi connectivity index (χ1n) is 10.9. The van der Waals surface area contributed by atoms with E-state index < -0.39 is 0 Å². The Labute approximate surface area is 195 Å². The second-order valence-corrected chi connectivity index (χ2v) is 7.38. The molecule has 1 aromatic carbocycles. The Morgan fingerprint density at radius 1 is 1.07 bits per heavy atom. The number of piperazine rings is 1. The van der Waals surface area contributed by atoms with Crippen LogP contribution in [0.1, 0.15) is 26.3 Å². The van der Waals surface area contributed by atoms with Crippen LogP contribution in [-0.4, -0.2) is 87.8 Å². The van der Waals surface area contributed by atoms with Gasteiger partial charge in [0, 0.05) is 64.6 Å². The molecule has 7 heteroatoms. The molecule has 0 bridgehead atoms. The number of anilines is 1. The Bertz CT molecular complexity index is 586. The second-order valence-electron chi connectivity index (χ2n) is 7.38. The fourth-order valence-electron chi connectivity index (χ4n) is 3.58. The minimum atomic E-state index is 0. The summed E-state index contributed by atoms with van der Waals surface area (Å²) in [5, 5.41) is 6.87. The van der Waals surface area contributed by atoms with Gasteiger partial charge in [0.2, 0.25) is 0 Å². The molecule has 0 aliphatic carbocycles. The van der Waals surface area contributed by atoms with Crippen LogP contribution in [0.25, 0.3) is 0 Å². The van der Waals surface area contributed by atoms with E-state index in [1.807, 2.05) is 0 Å². The van der Waals surface area contributed by atoms with Gasteiger partial charge in [-0.1, -0.05) is 19.1 Å². The van der Waals surface area contributed by atoms with Gasteiger partial charge in [-0.15, -0.1) is 24.0 Å². The standard InChI is InChI=1S/C22H40N6.HI/c1-5-23-22(24-11-13-27-17-15-26(6-2)16-18-27)25-12-14-28(7-3)21-10-8-9-20(4)19-21;/h8-10,19H,5-7,11-18H2,1-4H3,(H2,23,24,25);1H. The van der Waals surface area contributed by atoms with Gasteiger partial charge < -0.3 is 20.4 Å². The minimum absolute atomic E-state index is 0. The summed E-state index contributed by atoms with van der Waals surface area (Å²) < 4.78 is 0. The zero-order chi connectivity index (χ0) is 20.2. The van der Waals surface area contributed by atoms with Crippen molar-refractivity contribution < 1.29 is 0 Å². The summed E-state index contributed by atoms with van der Waals surface area (Å²) in [5.41, 5.74) is 2.59. The molecule has 2 N–H and O–H groups in total. The second kappa shape index (κ2) is 14.8. The molecule has 6 nitrogen and oxygen atoms in total. The van der Waals surface area contributed by atoms with Crippen LogP contribution in [0.4, 0.5) is 5.69 Å². The van der Waals surface area contributed by atoms with E-state index in [-0.39, 0.29) is 24.0 Å². The summed E-state index contributed by atoms with van der Waals surface area (Å²) in [7, 11) is 0. The number of aliphatic imine (C=N–C) groups is 1. The summed E-state index contributed by atoms with van der Waals surface area (Å²) in [6.45, 7) is 20.2. The maximum atomic E-state index is 4.78. The molecule has 0 spiro atoms. The van der Waals surface area contributed by atoms with Gasteiger partial charge in [-0.25, -0.2) is 0 Å². The van der Waals surface area contributed by atoms with Gasteiger partial charge in [0.15, 0.2) is 5.96 Å². The molecule has 0 radical (unpaired) electrons. The number of benzene rings is 1. The number of rotatable bonds is 10. The highest BCUT2D eigenvalue weighted by Gasteiger charge is 2.14. The number of nitrogens with one attached hydrogen (secondary N) is 2. The summed E-state index contributed by atoms with van der Waals surface area (Å²) in [4.78, 5) is 12.2. The van der Waals surface area contributed by atoms with Gasteiger partial charge in [0.25, 0.3) is 0 Å². The third kappa shape index (κ3) is 9.53. The molecule has 0 aromatic heterocycles. The SMILES string of the molecule is CCNC(=NCCN1CCN(CC)CC1)NCCN(CC)c1cccc(C)c1.I. The number of hydrogen-bond donors (Lipinski definition) is 2. The molecule has 166 valence electrons. The van der Waals surface area contributed by atoms with Crippen molar-refractivity contribution in [1.82, 2.24) is 20.4 Å². The first-order chi connectivity index (χ1) is 13.7. The van der Waals surface area contributed by atoms with Gasteiger partial charge in [0.05, 0.1) is 6.54 Å². The molecule has 1 aliphatic heterocycles. The van der Waals surface area contributed by atoms with Gasteiger partial charge in [-0.2, -0.15) is 0 Å². The summed E-state index contributed by atoms with van der Waals surface area (Å²) in [6, 6.07) is 8.72. The van der Waals surface area contributed by atoms with Crippen LogP contribution in [0.2, 0.25) is 0 Å². The van der Waals surface area contributed by atoms with Gasteiger partial charge >= 0.3 is 0 Å². The average molecular weight is 517 g/mol. The molecule has 1 aliphatic rings. The monoisotopic (exact) mass is 516 g/mol. The van der Waals surface area contributed by atoms with Gasteiger partial charge in [-0.05, 0) is 45.0 Å². The topological polar surface area (TPSA) is 46.1 Å². The van der Waals surface area contributed by atoms with E-state index in [1.54, 1.807) is 0 Å². The molecule has 1 heterocycles. The molecule has 29 heavy (non-hydrogen) atoms. The predicted molar refractivity (Wildman–Crippen MR) is 137 cm³/mol. The number of halogens is 1. The normalized spacial score (nSPS) is 15.7. The molecule has 1 fully saturated rings. The van der Waals surface area contributed by atoms with Gasteiger partial charge in [0.1, 0.15) is 0 Å². The van der Waals surface area contributed by atoms with Crippen molar-refractivity contribution in [2.75, 3.05) is 76.9 Å². The first kappa shape index (κ1) is 26.0. The highest BCUT2D eigenvalue weighted by molar-refractivity contribution is 14.0. The van der Waals surface area contributed by atoms with E-state index in [0.29, 0.717) is 0 Å². The van der Waals surface area contributed by atoms with Crippen LogP contribution in [0.3, 0.4) is 0 Å². The fourth-order valence-corrected chi connectivity index (χ4v) is 3.58. The van der Waals surface area contributed by atoms with Crippen LogP contribution in [0, 0.1) is 6.92 Å². The molecule has 0 atom stereocenters. The highest BCUT2D eigenvalue weighted by Crippen LogP contribution is 2.14. The average Bonchev–Trinajstić information content (AvgIpc) is 2.71. The van der Waals surface area contributed by atoms with Crippen LogP contribution in [-0.2, 0) is 0 Å². The zero-order valence-electron chi connectivity index (χ0n) is 18.8. The molecule has 0 saturated carbocycles. The van der Waals surface area contributed by atoms with Crippen molar-refractivity contribution in [2.24, 2.45) is 4.99 Å². The number of aryl methyl sites for hydroxylation is 1. The lowest BCUT2D eigenvalue weighted by molar-refractivity contribution is 0.140. The third-order valence-corrected chi connectivity index (χ3v) is 5.37. The van der Waals surface area contributed by atoms with Crippen molar-refractivity contribution >= 4 is 35.6 Å². The lowest BCUT2D eigenvalue weighted by atomic mass is 10.2. The van der Waals surface area contributed by atoms with Crippen LogP contribution >= 0.6 is 24.0 Å². The maximum absolute atomic E-state index is 4.78. The van der Waals surface area contributed by atoms with E-state index in [4.69, 9.17) is 4.99 Å². The Kier molecular flexibility index (Phi) is 13.3. The van der Waals surface area contributed by atoms with Crippen LogP contribution in [0.5, 0.6) is 0 Å². The molecule has 2 rings (SSSR count). The molecule has 0 unspecified atom stereocenters. The van der Waals surface area contributed by atoms with E-state index in [9.17, 15) is 0 Å². The summed E-state index contributed by atoms with van der Waals surface area (Å²) in [6.07, 6.45) is 0. The largest absolute Gasteiger partial charge is 0.370 e. The Morgan fingerprint density at radius 3 is 2.41 bits per heavy atom. The molecule has 0 amide bonds. The van der Waals surface area contributed by atoms with E-state index in [0.717, 1.165) is 64.9 Å². The summed E-state index contributed by atoms with van der Waals surface area (Å²) in [5.74, 6) is 0.926. The number of nitrogens with zero attached hydrogens (tertiary/aromatic N) is 4. The van der Waals surface area contributed by atoms with E-state index in [1.165, 1.54) is 24.3 Å². The maximum Gasteiger partial charge on any atom is 0.191 e. The van der Waals surface area contributed by atoms with Crippen molar-refractivity contribution in [3.8, 4) is 0 Å². The lowest BCUT2D eigenvalue weighted by Gasteiger charge is -2.33. The third-order valence-electron chi connectivity index (χ3n) is 5.37. The van der Waals surface area contributed by atoms with Crippen LogP contribution in [0.15, 0.2) is 29.3 Å². The smallest absolute Gasteiger partial charge is 0.191 e. The van der Waals surface area contributed by atoms with E-state index in [2.05, 4.69) is 77.3 Å². The zero-order valence-corrected chi connectivity index (χ0v) is 21.1. The highest BCUT2D eigenvalue weighted by atomic mass is 127. The summed E-state index contributed by atoms with van der Waals surface area (Å²) >= 11 is 0. The molecular formula is C22H41IN6. The van der Waals surface area contributed by atoms with Crippen molar-refractivity contribution in [3.63, 3.8) is 0 Å². The number of likely N-dealkylation sites (N-methyl/N-ethyl adjacent to an activating group) is 2. The Morgan fingerprint density at radius 2 is 1.79 bits per heavy atom. The van der Waals surface area contributed by atoms with E-state index >= 15 is 0 Å².